The number of carbonyl (C=O) groups is 1. The van der Waals surface area contributed by atoms with Crippen molar-refractivity contribution in [2.24, 2.45) is 0 Å². The van der Waals surface area contributed by atoms with Gasteiger partial charge in [0, 0.05) is 17.4 Å². The lowest BCUT2D eigenvalue weighted by atomic mass is 10.1. The first-order valence-electron chi connectivity index (χ1n) is 7.36. The zero-order valence-corrected chi connectivity index (χ0v) is 13.8. The lowest BCUT2D eigenvalue weighted by Gasteiger charge is -2.02. The number of aromatic amines is 1. The Morgan fingerprint density at radius 2 is 1.91 bits per heavy atom. The second-order valence-corrected chi connectivity index (χ2v) is 5.83. The number of halogens is 2. The van der Waals surface area contributed by atoms with Crippen molar-refractivity contribution in [1.29, 1.82) is 0 Å². The average molecular weight is 368 g/mol. The fourth-order valence-electron chi connectivity index (χ4n) is 2.08. The van der Waals surface area contributed by atoms with Gasteiger partial charge in [0.1, 0.15) is 11.5 Å². The fourth-order valence-corrected chi connectivity index (χ4v) is 2.47. The highest BCUT2D eigenvalue weighted by Gasteiger charge is 2.10. The highest BCUT2D eigenvalue weighted by Crippen LogP contribution is 2.17. The highest BCUT2D eigenvalue weighted by molar-refractivity contribution is 9.09. The molecule has 0 bridgehead atoms. The first-order chi connectivity index (χ1) is 10.7. The maximum Gasteiger partial charge on any atom is 0.269 e. The molecule has 4 nitrogen and oxygen atoms in total. The van der Waals surface area contributed by atoms with E-state index in [4.69, 9.17) is 0 Å². The van der Waals surface area contributed by atoms with Crippen LogP contribution in [0.1, 0.15) is 36.2 Å². The molecule has 0 radical (unpaired) electrons. The summed E-state index contributed by atoms with van der Waals surface area (Å²) in [5.41, 5.74) is 1.81. The largest absolute Gasteiger partial charge is 0.351 e. The number of hydrogen-bond donors (Lipinski definition) is 2. The Kier molecular flexibility index (Phi) is 6.58. The number of unbranched alkanes of at least 4 members (excludes halogenated alkanes) is 3. The van der Waals surface area contributed by atoms with Crippen LogP contribution in [-0.4, -0.2) is 28.0 Å². The third-order valence-corrected chi connectivity index (χ3v) is 3.87. The monoisotopic (exact) mass is 367 g/mol. The summed E-state index contributed by atoms with van der Waals surface area (Å²) < 4.78 is 12.9. The van der Waals surface area contributed by atoms with Crippen molar-refractivity contribution < 1.29 is 9.18 Å². The zero-order valence-electron chi connectivity index (χ0n) is 12.2. The van der Waals surface area contributed by atoms with E-state index in [-0.39, 0.29) is 11.7 Å². The van der Waals surface area contributed by atoms with Gasteiger partial charge in [-0.2, -0.15) is 5.10 Å². The molecule has 0 aliphatic carbocycles. The van der Waals surface area contributed by atoms with Crippen molar-refractivity contribution in [2.45, 2.75) is 25.7 Å². The molecule has 6 heteroatoms. The van der Waals surface area contributed by atoms with Gasteiger partial charge in [-0.25, -0.2) is 4.39 Å². The molecule has 2 N–H and O–H groups in total. The zero-order chi connectivity index (χ0) is 15.8. The third-order valence-electron chi connectivity index (χ3n) is 3.31. The summed E-state index contributed by atoms with van der Waals surface area (Å²) in [4.78, 5) is 12.0. The van der Waals surface area contributed by atoms with Crippen LogP contribution >= 0.6 is 15.9 Å². The van der Waals surface area contributed by atoms with Gasteiger partial charge in [-0.3, -0.25) is 9.89 Å². The first kappa shape index (κ1) is 16.7. The lowest BCUT2D eigenvalue weighted by Crippen LogP contribution is -2.24. The van der Waals surface area contributed by atoms with Crippen molar-refractivity contribution in [1.82, 2.24) is 15.5 Å². The van der Waals surface area contributed by atoms with Gasteiger partial charge in [0.05, 0.1) is 5.69 Å². The molecule has 0 unspecified atom stereocenters. The molecule has 0 saturated carbocycles. The van der Waals surface area contributed by atoms with Crippen molar-refractivity contribution in [3.8, 4) is 11.3 Å². The van der Waals surface area contributed by atoms with Crippen LogP contribution in [0, 0.1) is 5.82 Å². The van der Waals surface area contributed by atoms with E-state index < -0.39 is 0 Å². The molecular weight excluding hydrogens is 349 g/mol. The molecule has 22 heavy (non-hydrogen) atoms. The molecule has 0 atom stereocenters. The van der Waals surface area contributed by atoms with Crippen LogP contribution in [-0.2, 0) is 0 Å². The summed E-state index contributed by atoms with van der Waals surface area (Å²) in [6, 6.07) is 7.69. The number of rotatable bonds is 8. The smallest absolute Gasteiger partial charge is 0.269 e. The van der Waals surface area contributed by atoms with Crippen molar-refractivity contribution in [3.63, 3.8) is 0 Å². The van der Waals surface area contributed by atoms with Gasteiger partial charge in [-0.15, -0.1) is 0 Å². The Hall–Kier alpha value is -1.69. The van der Waals surface area contributed by atoms with Crippen molar-refractivity contribution in [3.05, 3.63) is 41.8 Å². The summed E-state index contributed by atoms with van der Waals surface area (Å²) >= 11 is 3.40. The predicted molar refractivity (Wildman–Crippen MR) is 88.6 cm³/mol. The van der Waals surface area contributed by atoms with E-state index in [9.17, 15) is 9.18 Å². The van der Waals surface area contributed by atoms with E-state index in [0.29, 0.717) is 17.9 Å². The summed E-state index contributed by atoms with van der Waals surface area (Å²) in [6.07, 6.45) is 4.41. The van der Waals surface area contributed by atoms with Gasteiger partial charge in [-0.05, 0) is 43.2 Å². The maximum absolute atomic E-state index is 12.9. The quantitative estimate of drug-likeness (QED) is 0.549. The molecule has 118 valence electrons. The molecule has 2 rings (SSSR count). The highest BCUT2D eigenvalue weighted by atomic mass is 79.9. The Morgan fingerprint density at radius 1 is 1.18 bits per heavy atom. The Balaban J connectivity index is 1.83. The topological polar surface area (TPSA) is 57.8 Å². The summed E-state index contributed by atoms with van der Waals surface area (Å²) in [5, 5.41) is 10.7. The summed E-state index contributed by atoms with van der Waals surface area (Å²) in [6.45, 7) is 0.659. The van der Waals surface area contributed by atoms with E-state index in [1.54, 1.807) is 18.2 Å². The molecule has 1 aromatic heterocycles. The SMILES string of the molecule is O=C(NCCCCCCBr)c1cc(-c2ccc(F)cc2)n[nH]1. The van der Waals surface area contributed by atoms with Gasteiger partial charge in [0.2, 0.25) is 0 Å². The number of amides is 1. The normalized spacial score (nSPS) is 10.6. The molecule has 0 saturated heterocycles. The van der Waals surface area contributed by atoms with Crippen LogP contribution in [0.2, 0.25) is 0 Å². The predicted octanol–water partition coefficient (Wildman–Crippen LogP) is 3.90. The molecule has 1 amide bonds. The molecule has 1 heterocycles. The van der Waals surface area contributed by atoms with Crippen molar-refractivity contribution in [2.75, 3.05) is 11.9 Å². The molecule has 0 spiro atoms. The van der Waals surface area contributed by atoms with Gasteiger partial charge >= 0.3 is 0 Å². The van der Waals surface area contributed by atoms with E-state index in [1.165, 1.54) is 18.6 Å². The van der Waals surface area contributed by atoms with E-state index in [1.807, 2.05) is 0 Å². The van der Waals surface area contributed by atoms with Crippen LogP contribution in [0.15, 0.2) is 30.3 Å². The van der Waals surface area contributed by atoms with E-state index in [2.05, 4.69) is 31.4 Å². The number of nitrogens with zero attached hydrogens (tertiary/aromatic N) is 1. The summed E-state index contributed by atoms with van der Waals surface area (Å²) in [5.74, 6) is -0.460. The second kappa shape index (κ2) is 8.68. The molecule has 0 aliphatic rings. The molecular formula is C16H19BrFN3O. The van der Waals surface area contributed by atoms with E-state index in [0.717, 1.165) is 30.2 Å². The van der Waals surface area contributed by atoms with Gasteiger partial charge in [-0.1, -0.05) is 28.8 Å². The van der Waals surface area contributed by atoms with Gasteiger partial charge in [0.25, 0.3) is 5.91 Å². The van der Waals surface area contributed by atoms with Crippen LogP contribution in [0.4, 0.5) is 4.39 Å². The standard InChI is InChI=1S/C16H19BrFN3O/c17-9-3-1-2-4-10-19-16(22)15-11-14(20-21-15)12-5-7-13(18)8-6-12/h5-8,11H,1-4,9-10H2,(H,19,22)(H,20,21). The number of H-pyrrole nitrogens is 1. The number of benzene rings is 1. The maximum atomic E-state index is 12.9. The van der Waals surface area contributed by atoms with Gasteiger partial charge in [0.15, 0.2) is 0 Å². The Morgan fingerprint density at radius 3 is 2.64 bits per heavy atom. The Labute approximate surface area is 137 Å². The minimum Gasteiger partial charge on any atom is -0.351 e. The number of hydrogen-bond acceptors (Lipinski definition) is 2. The van der Waals surface area contributed by atoms with Crippen LogP contribution in [0.25, 0.3) is 11.3 Å². The van der Waals surface area contributed by atoms with Crippen LogP contribution in [0.3, 0.4) is 0 Å². The number of aromatic nitrogens is 2. The van der Waals surface area contributed by atoms with Crippen LogP contribution < -0.4 is 5.32 Å². The summed E-state index contributed by atoms with van der Waals surface area (Å²) in [7, 11) is 0. The molecule has 1 aromatic carbocycles. The third kappa shape index (κ3) is 4.94. The second-order valence-electron chi connectivity index (χ2n) is 5.03. The van der Waals surface area contributed by atoms with Crippen LogP contribution in [0.5, 0.6) is 0 Å². The van der Waals surface area contributed by atoms with E-state index >= 15 is 0 Å². The molecule has 2 aromatic rings. The number of alkyl halides is 1. The number of nitrogens with one attached hydrogen (secondary N) is 2. The number of carbonyl (C=O) groups excluding carboxylic acids is 1. The molecule has 0 aliphatic heterocycles. The van der Waals surface area contributed by atoms with Crippen molar-refractivity contribution >= 4 is 21.8 Å². The first-order valence-corrected chi connectivity index (χ1v) is 8.48. The molecule has 0 fully saturated rings. The average Bonchev–Trinajstić information content (AvgIpc) is 3.01. The minimum atomic E-state index is -0.294. The lowest BCUT2D eigenvalue weighted by molar-refractivity contribution is 0.0948. The minimum absolute atomic E-state index is 0.165. The Bertz CT molecular complexity index is 598. The van der Waals surface area contributed by atoms with Gasteiger partial charge < -0.3 is 5.32 Å². The fraction of sp³-hybridized carbons (Fsp3) is 0.375.